The van der Waals surface area contributed by atoms with Crippen molar-refractivity contribution in [3.63, 3.8) is 0 Å². The molecule has 124 valence electrons. The molecular weight excluding hydrogens is 288 g/mol. The van der Waals surface area contributed by atoms with Crippen molar-refractivity contribution in [3.8, 4) is 0 Å². The summed E-state index contributed by atoms with van der Waals surface area (Å²) >= 11 is 0. The minimum absolute atomic E-state index is 0.0195. The standard InChI is InChI=1S/C20H26O3/c1-19-11-9-16(21)18(23-3)15(19)5-4-12-13-6-7-17(22)20(13,2)10-8-14(12)19/h4-5,12-14H,6-11H2,1-3H3/t12-,13-,14-,19+,20-/m0/s1. The zero-order valence-electron chi connectivity index (χ0n) is 14.4. The van der Waals surface area contributed by atoms with Crippen LogP contribution in [-0.4, -0.2) is 18.7 Å². The van der Waals surface area contributed by atoms with Crippen LogP contribution in [0.4, 0.5) is 0 Å². The van der Waals surface area contributed by atoms with Crippen LogP contribution in [0.15, 0.2) is 23.5 Å². The van der Waals surface area contributed by atoms with E-state index in [0.29, 0.717) is 35.7 Å². The highest BCUT2D eigenvalue weighted by molar-refractivity contribution is 5.96. The summed E-state index contributed by atoms with van der Waals surface area (Å²) in [6.45, 7) is 4.50. The predicted molar refractivity (Wildman–Crippen MR) is 87.6 cm³/mol. The Morgan fingerprint density at radius 2 is 1.78 bits per heavy atom. The molecule has 0 bridgehead atoms. The van der Waals surface area contributed by atoms with Gasteiger partial charge in [-0.15, -0.1) is 0 Å². The second-order valence-electron chi connectivity index (χ2n) is 8.36. The number of hydrogen-bond acceptors (Lipinski definition) is 3. The van der Waals surface area contributed by atoms with Gasteiger partial charge >= 0.3 is 0 Å². The SMILES string of the molecule is COC1=C2C=C[C@@H]3[C@H](CC[C@]4(C)C(=O)CC[C@@H]34)[C@@]2(C)CCC1=O. The average Bonchev–Trinajstić information content (AvgIpc) is 2.83. The van der Waals surface area contributed by atoms with Gasteiger partial charge in [0.1, 0.15) is 5.78 Å². The minimum atomic E-state index is -0.113. The molecule has 0 heterocycles. The van der Waals surface area contributed by atoms with Gasteiger partial charge in [0, 0.05) is 29.2 Å². The van der Waals surface area contributed by atoms with Gasteiger partial charge in [-0.05, 0) is 43.4 Å². The molecule has 0 aromatic carbocycles. The van der Waals surface area contributed by atoms with Crippen molar-refractivity contribution in [2.45, 2.75) is 52.4 Å². The first-order valence-corrected chi connectivity index (χ1v) is 8.95. The number of hydrogen-bond donors (Lipinski definition) is 0. The molecule has 5 atom stereocenters. The third kappa shape index (κ3) is 1.82. The Kier molecular flexibility index (Phi) is 3.17. The molecule has 0 aromatic heterocycles. The van der Waals surface area contributed by atoms with Crippen LogP contribution in [0.2, 0.25) is 0 Å². The highest BCUT2D eigenvalue weighted by Gasteiger charge is 2.58. The molecule has 4 rings (SSSR count). The largest absolute Gasteiger partial charge is 0.493 e. The van der Waals surface area contributed by atoms with Crippen molar-refractivity contribution in [2.24, 2.45) is 28.6 Å². The molecule has 2 fully saturated rings. The molecule has 0 saturated heterocycles. The van der Waals surface area contributed by atoms with Crippen LogP contribution in [0.3, 0.4) is 0 Å². The molecule has 3 nitrogen and oxygen atoms in total. The molecule has 4 aliphatic rings. The lowest BCUT2D eigenvalue weighted by atomic mass is 9.49. The summed E-state index contributed by atoms with van der Waals surface area (Å²) in [5.41, 5.74) is 1.01. The number of rotatable bonds is 1. The first-order valence-electron chi connectivity index (χ1n) is 8.95. The minimum Gasteiger partial charge on any atom is -0.493 e. The fraction of sp³-hybridized carbons (Fsp3) is 0.700. The van der Waals surface area contributed by atoms with E-state index in [1.165, 1.54) is 0 Å². The molecule has 3 heteroatoms. The van der Waals surface area contributed by atoms with Crippen LogP contribution in [-0.2, 0) is 14.3 Å². The molecule has 0 aliphatic heterocycles. The maximum absolute atomic E-state index is 12.4. The smallest absolute Gasteiger partial charge is 0.197 e. The Morgan fingerprint density at radius 1 is 1.04 bits per heavy atom. The quantitative estimate of drug-likeness (QED) is 0.738. The van der Waals surface area contributed by atoms with Crippen LogP contribution < -0.4 is 0 Å². The number of methoxy groups -OCH3 is 1. The molecule has 23 heavy (non-hydrogen) atoms. The summed E-state index contributed by atoms with van der Waals surface area (Å²) < 4.78 is 5.47. The van der Waals surface area contributed by atoms with E-state index in [1.807, 2.05) is 0 Å². The second-order valence-corrected chi connectivity index (χ2v) is 8.36. The van der Waals surface area contributed by atoms with Gasteiger partial charge in [0.25, 0.3) is 0 Å². The molecule has 0 aromatic rings. The Bertz CT molecular complexity index is 643. The fourth-order valence-electron chi connectivity index (χ4n) is 6.09. The van der Waals surface area contributed by atoms with Gasteiger partial charge in [-0.25, -0.2) is 0 Å². The van der Waals surface area contributed by atoms with E-state index in [1.54, 1.807) is 7.11 Å². The lowest BCUT2D eigenvalue weighted by Gasteiger charge is -2.54. The summed E-state index contributed by atoms with van der Waals surface area (Å²) in [4.78, 5) is 24.6. The summed E-state index contributed by atoms with van der Waals surface area (Å²) in [7, 11) is 1.61. The van der Waals surface area contributed by atoms with E-state index < -0.39 is 0 Å². The van der Waals surface area contributed by atoms with Crippen molar-refractivity contribution >= 4 is 11.6 Å². The van der Waals surface area contributed by atoms with Crippen LogP contribution in [0.5, 0.6) is 0 Å². The summed E-state index contributed by atoms with van der Waals surface area (Å²) in [5, 5.41) is 0. The van der Waals surface area contributed by atoms with E-state index in [2.05, 4.69) is 26.0 Å². The molecular formula is C20H26O3. The third-order valence-corrected chi connectivity index (χ3v) is 7.53. The number of Topliss-reactive ketones (excluding diaryl/α,β-unsaturated/α-hetero) is 2. The van der Waals surface area contributed by atoms with E-state index >= 15 is 0 Å². The normalized spacial score (nSPS) is 45.6. The first-order chi connectivity index (χ1) is 10.9. The highest BCUT2D eigenvalue weighted by Crippen LogP contribution is 2.63. The van der Waals surface area contributed by atoms with Crippen molar-refractivity contribution in [2.75, 3.05) is 7.11 Å². The zero-order valence-corrected chi connectivity index (χ0v) is 14.4. The predicted octanol–water partition coefficient (Wildman–Crippen LogP) is 3.84. The van der Waals surface area contributed by atoms with Crippen molar-refractivity contribution in [3.05, 3.63) is 23.5 Å². The fourth-order valence-corrected chi connectivity index (χ4v) is 6.09. The first kappa shape index (κ1) is 15.2. The maximum Gasteiger partial charge on any atom is 0.197 e. The number of carbonyl (C=O) groups is 2. The summed E-state index contributed by atoms with van der Waals surface area (Å²) in [6.07, 6.45) is 9.80. The van der Waals surface area contributed by atoms with E-state index in [4.69, 9.17) is 4.74 Å². The number of ether oxygens (including phenoxy) is 1. The number of fused-ring (bicyclic) bond motifs is 5. The topological polar surface area (TPSA) is 43.4 Å². The summed E-state index contributed by atoms with van der Waals surface area (Å²) in [6, 6.07) is 0. The van der Waals surface area contributed by atoms with Crippen LogP contribution in [0, 0.1) is 28.6 Å². The molecule has 0 radical (unpaired) electrons. The molecule has 0 spiro atoms. The Labute approximate surface area is 138 Å². The zero-order chi connectivity index (χ0) is 16.4. The number of carbonyl (C=O) groups excluding carboxylic acids is 2. The van der Waals surface area contributed by atoms with Crippen molar-refractivity contribution in [1.82, 2.24) is 0 Å². The number of ketones is 2. The summed E-state index contributed by atoms with van der Waals surface area (Å²) in [5.74, 6) is 2.67. The Hall–Kier alpha value is -1.38. The van der Waals surface area contributed by atoms with E-state index in [9.17, 15) is 9.59 Å². The van der Waals surface area contributed by atoms with Crippen LogP contribution >= 0.6 is 0 Å². The molecule has 2 saturated carbocycles. The van der Waals surface area contributed by atoms with Gasteiger partial charge in [0.2, 0.25) is 0 Å². The lowest BCUT2D eigenvalue weighted by molar-refractivity contribution is -0.130. The molecule has 0 N–H and O–H groups in total. The van der Waals surface area contributed by atoms with Gasteiger partial charge in [-0.3, -0.25) is 9.59 Å². The highest BCUT2D eigenvalue weighted by atomic mass is 16.5. The van der Waals surface area contributed by atoms with Gasteiger partial charge < -0.3 is 4.74 Å². The molecule has 0 unspecified atom stereocenters. The maximum atomic E-state index is 12.4. The second kappa shape index (κ2) is 4.81. The van der Waals surface area contributed by atoms with Gasteiger partial charge in [0.05, 0.1) is 7.11 Å². The van der Waals surface area contributed by atoms with Gasteiger partial charge in [0.15, 0.2) is 11.5 Å². The molecule has 4 aliphatic carbocycles. The average molecular weight is 314 g/mol. The van der Waals surface area contributed by atoms with Gasteiger partial charge in [-0.2, -0.15) is 0 Å². The van der Waals surface area contributed by atoms with Gasteiger partial charge in [-0.1, -0.05) is 26.0 Å². The Balaban J connectivity index is 1.80. The Morgan fingerprint density at radius 3 is 2.52 bits per heavy atom. The van der Waals surface area contributed by atoms with E-state index in [-0.39, 0.29) is 16.6 Å². The van der Waals surface area contributed by atoms with Crippen LogP contribution in [0.25, 0.3) is 0 Å². The molecule has 0 amide bonds. The van der Waals surface area contributed by atoms with Crippen molar-refractivity contribution in [1.29, 1.82) is 0 Å². The monoisotopic (exact) mass is 314 g/mol. The van der Waals surface area contributed by atoms with Crippen LogP contribution in [0.1, 0.15) is 52.4 Å². The third-order valence-electron chi connectivity index (χ3n) is 7.53. The van der Waals surface area contributed by atoms with Crippen molar-refractivity contribution < 1.29 is 14.3 Å². The number of allylic oxidation sites excluding steroid dienone is 4. The van der Waals surface area contributed by atoms with E-state index in [0.717, 1.165) is 37.7 Å². The lowest BCUT2D eigenvalue weighted by Crippen LogP contribution is -2.49.